The lowest BCUT2D eigenvalue weighted by molar-refractivity contribution is 0.0831. The summed E-state index contributed by atoms with van der Waals surface area (Å²) in [7, 11) is 0. The van der Waals surface area contributed by atoms with Crippen molar-refractivity contribution >= 4 is 12.0 Å². The summed E-state index contributed by atoms with van der Waals surface area (Å²) in [5, 5.41) is 1.14. The minimum Gasteiger partial charge on any atom is -0.446 e. The summed E-state index contributed by atoms with van der Waals surface area (Å²) in [4.78, 5) is 31.3. The number of cyclic esters (lactones) is 1. The zero-order valence-corrected chi connectivity index (χ0v) is 9.63. The molecule has 0 atom stereocenters. The smallest absolute Gasteiger partial charge is 0.428 e. The summed E-state index contributed by atoms with van der Waals surface area (Å²) in [5.74, 6) is 0.832. The van der Waals surface area contributed by atoms with Crippen molar-refractivity contribution in [3.05, 3.63) is 23.8 Å². The number of rotatable bonds is 3. The zero-order chi connectivity index (χ0) is 12.5. The molecule has 0 radical (unpaired) electrons. The van der Waals surface area contributed by atoms with E-state index in [-0.39, 0.29) is 6.61 Å². The molecule has 94 valence electrons. The molecule has 0 aromatic carbocycles. The molecule has 1 saturated heterocycles. The van der Waals surface area contributed by atoms with Gasteiger partial charge in [0, 0.05) is 18.3 Å². The van der Waals surface area contributed by atoms with Crippen molar-refractivity contribution in [1.82, 2.24) is 20.4 Å². The molecule has 1 saturated carbocycles. The largest absolute Gasteiger partial charge is 0.446 e. The molecule has 1 N–H and O–H groups in total. The van der Waals surface area contributed by atoms with E-state index in [4.69, 9.17) is 4.74 Å². The molecule has 0 spiro atoms. The zero-order valence-electron chi connectivity index (χ0n) is 9.63. The van der Waals surface area contributed by atoms with E-state index < -0.39 is 12.0 Å². The molecule has 3 rings (SSSR count). The first kappa shape index (κ1) is 10.9. The Morgan fingerprint density at radius 1 is 1.39 bits per heavy atom. The Kier molecular flexibility index (Phi) is 2.58. The van der Waals surface area contributed by atoms with E-state index in [0.717, 1.165) is 23.7 Å². The van der Waals surface area contributed by atoms with E-state index in [1.54, 1.807) is 0 Å². The van der Waals surface area contributed by atoms with Crippen LogP contribution in [-0.2, 0) is 4.74 Å². The number of hydrogen-bond donors (Lipinski definition) is 1. The molecule has 1 aliphatic heterocycles. The monoisotopic (exact) mass is 248 g/mol. The van der Waals surface area contributed by atoms with Gasteiger partial charge in [-0.2, -0.15) is 0 Å². The maximum atomic E-state index is 11.8. The molecule has 2 heterocycles. The Balaban J connectivity index is 1.66. The summed E-state index contributed by atoms with van der Waals surface area (Å²) >= 11 is 0. The first-order valence-corrected chi connectivity index (χ1v) is 5.81. The highest BCUT2D eigenvalue weighted by atomic mass is 16.6. The van der Waals surface area contributed by atoms with Gasteiger partial charge in [0.15, 0.2) is 0 Å². The van der Waals surface area contributed by atoms with Crippen LogP contribution in [0.5, 0.6) is 0 Å². The number of amides is 2. The molecule has 2 aliphatic rings. The van der Waals surface area contributed by atoms with Gasteiger partial charge in [-0.1, -0.05) is 0 Å². The van der Waals surface area contributed by atoms with Crippen LogP contribution in [0.3, 0.4) is 0 Å². The second kappa shape index (κ2) is 4.25. The van der Waals surface area contributed by atoms with E-state index in [9.17, 15) is 9.59 Å². The summed E-state index contributed by atoms with van der Waals surface area (Å²) in [6.45, 7) is 0.641. The SMILES string of the molecule is O=C(NN1CCOC1=O)c1cnc(C2CC2)nc1. The van der Waals surface area contributed by atoms with Crippen LogP contribution < -0.4 is 5.43 Å². The van der Waals surface area contributed by atoms with Crippen molar-refractivity contribution in [3.8, 4) is 0 Å². The Morgan fingerprint density at radius 3 is 2.67 bits per heavy atom. The normalized spacial score (nSPS) is 18.7. The fourth-order valence-electron chi connectivity index (χ4n) is 1.69. The standard InChI is InChI=1S/C11H12N4O3/c16-10(14-15-3-4-18-11(15)17)8-5-12-9(13-6-8)7-1-2-7/h5-7H,1-4H2,(H,14,16). The van der Waals surface area contributed by atoms with Crippen LogP contribution in [-0.4, -0.2) is 40.1 Å². The third kappa shape index (κ3) is 2.11. The molecular weight excluding hydrogens is 236 g/mol. The Morgan fingerprint density at radius 2 is 2.11 bits per heavy atom. The van der Waals surface area contributed by atoms with Crippen LogP contribution in [0.4, 0.5) is 4.79 Å². The third-order valence-electron chi connectivity index (χ3n) is 2.87. The topological polar surface area (TPSA) is 84.4 Å². The maximum absolute atomic E-state index is 11.8. The van der Waals surface area contributed by atoms with Gasteiger partial charge < -0.3 is 4.74 Å². The van der Waals surface area contributed by atoms with E-state index in [0.29, 0.717) is 18.0 Å². The number of hydrazine groups is 1. The van der Waals surface area contributed by atoms with E-state index in [2.05, 4.69) is 15.4 Å². The predicted molar refractivity (Wildman–Crippen MR) is 59.5 cm³/mol. The molecule has 2 fully saturated rings. The van der Waals surface area contributed by atoms with Crippen molar-refractivity contribution < 1.29 is 14.3 Å². The van der Waals surface area contributed by atoms with Gasteiger partial charge in [-0.3, -0.25) is 10.2 Å². The van der Waals surface area contributed by atoms with E-state index in [1.807, 2.05) is 0 Å². The third-order valence-corrected chi connectivity index (χ3v) is 2.87. The van der Waals surface area contributed by atoms with Gasteiger partial charge in [0.2, 0.25) is 0 Å². The number of nitrogens with zero attached hydrogens (tertiary/aromatic N) is 3. The highest BCUT2D eigenvalue weighted by Gasteiger charge is 2.27. The van der Waals surface area contributed by atoms with Crippen molar-refractivity contribution in [2.45, 2.75) is 18.8 Å². The Labute approximate surface area is 103 Å². The predicted octanol–water partition coefficient (Wildman–Crippen LogP) is 0.451. The highest BCUT2D eigenvalue weighted by molar-refractivity contribution is 5.94. The lowest BCUT2D eigenvalue weighted by Crippen LogP contribution is -2.42. The van der Waals surface area contributed by atoms with Crippen LogP contribution in [0.15, 0.2) is 12.4 Å². The molecule has 7 nitrogen and oxygen atoms in total. The van der Waals surface area contributed by atoms with Crippen molar-refractivity contribution in [2.24, 2.45) is 0 Å². The summed E-state index contributed by atoms with van der Waals surface area (Å²) < 4.78 is 4.70. The Hall–Kier alpha value is -2.18. The summed E-state index contributed by atoms with van der Waals surface area (Å²) in [6.07, 6.45) is 4.66. The second-order valence-corrected chi connectivity index (χ2v) is 4.31. The number of hydrogen-bond acceptors (Lipinski definition) is 5. The minimum absolute atomic E-state index is 0.288. The van der Waals surface area contributed by atoms with Gasteiger partial charge in [0.1, 0.15) is 12.4 Å². The number of carbonyl (C=O) groups excluding carboxylic acids is 2. The van der Waals surface area contributed by atoms with Gasteiger partial charge >= 0.3 is 6.09 Å². The number of aromatic nitrogens is 2. The lowest BCUT2D eigenvalue weighted by Gasteiger charge is -2.13. The maximum Gasteiger partial charge on any atom is 0.428 e. The molecule has 2 amide bonds. The van der Waals surface area contributed by atoms with Crippen LogP contribution in [0.25, 0.3) is 0 Å². The van der Waals surface area contributed by atoms with Crippen molar-refractivity contribution in [1.29, 1.82) is 0 Å². The first-order valence-electron chi connectivity index (χ1n) is 5.81. The molecule has 7 heteroatoms. The van der Waals surface area contributed by atoms with Gasteiger partial charge in [-0.15, -0.1) is 0 Å². The highest BCUT2D eigenvalue weighted by Crippen LogP contribution is 2.37. The summed E-state index contributed by atoms with van der Waals surface area (Å²) in [5.41, 5.74) is 2.78. The fourth-order valence-corrected chi connectivity index (χ4v) is 1.69. The lowest BCUT2D eigenvalue weighted by atomic mass is 10.3. The molecule has 0 unspecified atom stereocenters. The van der Waals surface area contributed by atoms with Gasteiger partial charge in [0.25, 0.3) is 5.91 Å². The van der Waals surface area contributed by atoms with E-state index in [1.165, 1.54) is 12.4 Å². The van der Waals surface area contributed by atoms with Gasteiger partial charge in [0.05, 0.1) is 12.1 Å². The number of carbonyl (C=O) groups is 2. The molecule has 1 aromatic heterocycles. The average Bonchev–Trinajstić information content (AvgIpc) is 3.16. The van der Waals surface area contributed by atoms with Crippen LogP contribution in [0, 0.1) is 0 Å². The van der Waals surface area contributed by atoms with Crippen LogP contribution >= 0.6 is 0 Å². The van der Waals surface area contributed by atoms with Crippen molar-refractivity contribution in [3.63, 3.8) is 0 Å². The quantitative estimate of drug-likeness (QED) is 0.839. The van der Waals surface area contributed by atoms with Crippen molar-refractivity contribution in [2.75, 3.05) is 13.2 Å². The fraction of sp³-hybridized carbons (Fsp3) is 0.455. The Bertz CT molecular complexity index is 484. The molecule has 1 aliphatic carbocycles. The molecule has 1 aromatic rings. The van der Waals surface area contributed by atoms with E-state index >= 15 is 0 Å². The molecular formula is C11H12N4O3. The number of nitrogens with one attached hydrogen (secondary N) is 1. The first-order chi connectivity index (χ1) is 8.74. The molecule has 18 heavy (non-hydrogen) atoms. The van der Waals surface area contributed by atoms with Crippen LogP contribution in [0.2, 0.25) is 0 Å². The van der Waals surface area contributed by atoms with Crippen LogP contribution in [0.1, 0.15) is 34.9 Å². The van der Waals surface area contributed by atoms with Gasteiger partial charge in [-0.05, 0) is 12.8 Å². The van der Waals surface area contributed by atoms with Gasteiger partial charge in [-0.25, -0.2) is 19.8 Å². The minimum atomic E-state index is -0.543. The number of ether oxygens (including phenoxy) is 1. The molecule has 0 bridgehead atoms. The average molecular weight is 248 g/mol. The second-order valence-electron chi connectivity index (χ2n) is 4.31. The summed E-state index contributed by atoms with van der Waals surface area (Å²) in [6, 6.07) is 0.